The van der Waals surface area contributed by atoms with Crippen LogP contribution in [-0.2, 0) is 14.6 Å². The Morgan fingerprint density at radius 1 is 1.44 bits per heavy atom. The molecule has 1 aliphatic heterocycles. The van der Waals surface area contributed by atoms with Crippen LogP contribution in [0.25, 0.3) is 0 Å². The van der Waals surface area contributed by atoms with Crippen molar-refractivity contribution in [3.63, 3.8) is 0 Å². The van der Waals surface area contributed by atoms with Gasteiger partial charge in [0.25, 0.3) is 0 Å². The molecule has 5 heteroatoms. The van der Waals surface area contributed by atoms with Crippen molar-refractivity contribution in [2.45, 2.75) is 44.2 Å². The highest BCUT2D eigenvalue weighted by atomic mass is 32.2. The lowest BCUT2D eigenvalue weighted by molar-refractivity contribution is 0.00549. The third-order valence-corrected chi connectivity index (χ3v) is 4.04. The van der Waals surface area contributed by atoms with Gasteiger partial charge in [-0.15, -0.1) is 0 Å². The first-order chi connectivity index (χ1) is 7.51. The first-order valence-corrected chi connectivity index (χ1v) is 8.04. The predicted molar refractivity (Wildman–Crippen MR) is 65.4 cm³/mol. The van der Waals surface area contributed by atoms with Crippen LogP contribution in [0, 0.1) is 0 Å². The second-order valence-corrected chi connectivity index (χ2v) is 6.89. The molecule has 1 saturated heterocycles. The first-order valence-electron chi connectivity index (χ1n) is 5.98. The average Bonchev–Trinajstić information content (AvgIpc) is 2.24. The van der Waals surface area contributed by atoms with E-state index in [-0.39, 0.29) is 11.8 Å². The lowest BCUT2D eigenvalue weighted by Crippen LogP contribution is -2.34. The molecule has 0 aromatic heterocycles. The lowest BCUT2D eigenvalue weighted by Gasteiger charge is -2.26. The summed E-state index contributed by atoms with van der Waals surface area (Å²) in [6.07, 6.45) is 6.69. The fourth-order valence-corrected chi connectivity index (χ4v) is 2.76. The SMILES string of the molecule is CNC(CCS(C)(=O)=O)CC1CCCCO1. The van der Waals surface area contributed by atoms with Gasteiger partial charge in [-0.25, -0.2) is 8.42 Å². The Kier molecular flexibility index (Phi) is 5.72. The van der Waals surface area contributed by atoms with Gasteiger partial charge in [0.1, 0.15) is 9.84 Å². The van der Waals surface area contributed by atoms with Crippen molar-refractivity contribution in [2.24, 2.45) is 0 Å². The Morgan fingerprint density at radius 2 is 2.19 bits per heavy atom. The highest BCUT2D eigenvalue weighted by molar-refractivity contribution is 7.90. The van der Waals surface area contributed by atoms with Gasteiger partial charge in [0.05, 0.1) is 11.9 Å². The third-order valence-electron chi connectivity index (χ3n) is 3.07. The zero-order valence-electron chi connectivity index (χ0n) is 10.2. The summed E-state index contributed by atoms with van der Waals surface area (Å²) in [7, 11) is -0.966. The topological polar surface area (TPSA) is 55.4 Å². The van der Waals surface area contributed by atoms with Gasteiger partial charge in [0.15, 0.2) is 0 Å². The zero-order valence-corrected chi connectivity index (χ0v) is 11.1. The summed E-state index contributed by atoms with van der Waals surface area (Å²) in [5, 5.41) is 3.18. The Balaban J connectivity index is 2.30. The molecule has 0 bridgehead atoms. The number of nitrogens with one attached hydrogen (secondary N) is 1. The molecule has 1 N–H and O–H groups in total. The van der Waals surface area contributed by atoms with Crippen molar-refractivity contribution in [3.8, 4) is 0 Å². The van der Waals surface area contributed by atoms with E-state index in [1.807, 2.05) is 7.05 Å². The molecule has 0 aliphatic carbocycles. The first kappa shape index (κ1) is 13.9. The van der Waals surface area contributed by atoms with Crippen LogP contribution in [0.4, 0.5) is 0 Å². The monoisotopic (exact) mass is 249 g/mol. The van der Waals surface area contributed by atoms with Crippen LogP contribution in [0.2, 0.25) is 0 Å². The zero-order chi connectivity index (χ0) is 12.0. The van der Waals surface area contributed by atoms with Crippen LogP contribution >= 0.6 is 0 Å². The fraction of sp³-hybridized carbons (Fsp3) is 1.00. The van der Waals surface area contributed by atoms with E-state index in [0.717, 1.165) is 25.9 Å². The summed E-state index contributed by atoms with van der Waals surface area (Å²) < 4.78 is 27.8. The summed E-state index contributed by atoms with van der Waals surface area (Å²) >= 11 is 0. The van der Waals surface area contributed by atoms with Gasteiger partial charge in [-0.1, -0.05) is 0 Å². The maximum absolute atomic E-state index is 11.1. The molecule has 2 atom stereocenters. The second kappa shape index (κ2) is 6.57. The molecule has 1 aliphatic rings. The molecule has 2 unspecified atom stereocenters. The number of sulfone groups is 1. The van der Waals surface area contributed by atoms with E-state index in [2.05, 4.69) is 5.32 Å². The minimum absolute atomic E-state index is 0.248. The molecule has 96 valence electrons. The average molecular weight is 249 g/mol. The van der Waals surface area contributed by atoms with Crippen LogP contribution in [0.5, 0.6) is 0 Å². The fourth-order valence-electron chi connectivity index (χ4n) is 2.05. The number of hydrogen-bond acceptors (Lipinski definition) is 4. The van der Waals surface area contributed by atoms with Crippen LogP contribution in [0.1, 0.15) is 32.1 Å². The molecular weight excluding hydrogens is 226 g/mol. The Bertz CT molecular complexity index is 284. The van der Waals surface area contributed by atoms with Crippen LogP contribution in [-0.4, -0.2) is 46.2 Å². The Hall–Kier alpha value is -0.130. The van der Waals surface area contributed by atoms with Crippen LogP contribution < -0.4 is 5.32 Å². The van der Waals surface area contributed by atoms with Crippen molar-refractivity contribution in [1.82, 2.24) is 5.32 Å². The number of rotatable bonds is 6. The van der Waals surface area contributed by atoms with Gasteiger partial charge in [0, 0.05) is 18.9 Å². The van der Waals surface area contributed by atoms with Gasteiger partial charge < -0.3 is 10.1 Å². The van der Waals surface area contributed by atoms with Crippen LogP contribution in [0.3, 0.4) is 0 Å². The smallest absolute Gasteiger partial charge is 0.147 e. The summed E-state index contributed by atoms with van der Waals surface area (Å²) in [5.41, 5.74) is 0. The van der Waals surface area contributed by atoms with Gasteiger partial charge in [-0.2, -0.15) is 0 Å². The molecule has 16 heavy (non-hydrogen) atoms. The van der Waals surface area contributed by atoms with E-state index in [4.69, 9.17) is 4.74 Å². The molecule has 0 amide bonds. The maximum Gasteiger partial charge on any atom is 0.147 e. The maximum atomic E-state index is 11.1. The normalized spacial score (nSPS) is 24.2. The predicted octanol–water partition coefficient (Wildman–Crippen LogP) is 0.968. The van der Waals surface area contributed by atoms with Crippen molar-refractivity contribution in [2.75, 3.05) is 25.7 Å². The van der Waals surface area contributed by atoms with E-state index in [1.165, 1.54) is 12.7 Å². The molecular formula is C11H23NO3S. The second-order valence-electron chi connectivity index (χ2n) is 4.63. The molecule has 4 nitrogen and oxygen atoms in total. The minimum atomic E-state index is -2.85. The van der Waals surface area contributed by atoms with E-state index in [9.17, 15) is 8.42 Å². The lowest BCUT2D eigenvalue weighted by atomic mass is 10.0. The highest BCUT2D eigenvalue weighted by Crippen LogP contribution is 2.18. The van der Waals surface area contributed by atoms with E-state index >= 15 is 0 Å². The van der Waals surface area contributed by atoms with Crippen molar-refractivity contribution >= 4 is 9.84 Å². The highest BCUT2D eigenvalue weighted by Gasteiger charge is 2.19. The molecule has 0 spiro atoms. The van der Waals surface area contributed by atoms with E-state index < -0.39 is 9.84 Å². The summed E-state index contributed by atoms with van der Waals surface area (Å²) in [6.45, 7) is 0.854. The number of hydrogen-bond donors (Lipinski definition) is 1. The van der Waals surface area contributed by atoms with Crippen molar-refractivity contribution in [1.29, 1.82) is 0 Å². The van der Waals surface area contributed by atoms with Gasteiger partial charge in [-0.3, -0.25) is 0 Å². The molecule has 0 aromatic rings. The van der Waals surface area contributed by atoms with Gasteiger partial charge in [-0.05, 0) is 39.2 Å². The summed E-state index contributed by atoms with van der Waals surface area (Å²) in [4.78, 5) is 0. The summed E-state index contributed by atoms with van der Waals surface area (Å²) in [6, 6.07) is 0.248. The molecule has 0 radical (unpaired) electrons. The van der Waals surface area contributed by atoms with Crippen LogP contribution in [0.15, 0.2) is 0 Å². The molecule has 1 heterocycles. The largest absolute Gasteiger partial charge is 0.378 e. The Labute approximate surface area is 98.7 Å². The molecule has 0 saturated carbocycles. The summed E-state index contributed by atoms with van der Waals surface area (Å²) in [5.74, 6) is 0.255. The molecule has 1 rings (SSSR count). The Morgan fingerprint density at radius 3 is 2.69 bits per heavy atom. The van der Waals surface area contributed by atoms with Gasteiger partial charge >= 0.3 is 0 Å². The van der Waals surface area contributed by atoms with E-state index in [0.29, 0.717) is 12.5 Å². The quantitative estimate of drug-likeness (QED) is 0.762. The van der Waals surface area contributed by atoms with Gasteiger partial charge in [0.2, 0.25) is 0 Å². The van der Waals surface area contributed by atoms with Crippen molar-refractivity contribution in [3.05, 3.63) is 0 Å². The van der Waals surface area contributed by atoms with Crippen molar-refractivity contribution < 1.29 is 13.2 Å². The minimum Gasteiger partial charge on any atom is -0.378 e. The van der Waals surface area contributed by atoms with E-state index in [1.54, 1.807) is 0 Å². The number of ether oxygens (including phenoxy) is 1. The standard InChI is InChI=1S/C11H23NO3S/c1-12-10(6-8-16(2,13)14)9-11-5-3-4-7-15-11/h10-12H,3-9H2,1-2H3. The molecule has 0 aromatic carbocycles. The third kappa shape index (κ3) is 5.82. The molecule has 1 fully saturated rings.